The van der Waals surface area contributed by atoms with Gasteiger partial charge in [0.2, 0.25) is 0 Å². The lowest BCUT2D eigenvalue weighted by Crippen LogP contribution is -2.52. The Kier molecular flexibility index (Phi) is 4.32. The number of carbonyl (C=O) groups is 3. The predicted molar refractivity (Wildman–Crippen MR) is 123 cm³/mol. The minimum Gasteiger partial charge on any atom is -0.361 e. The zero-order chi connectivity index (χ0) is 23.4. The average molecular weight is 454 g/mol. The summed E-state index contributed by atoms with van der Waals surface area (Å²) in [5.74, 6) is -1.41. The molecule has 1 saturated heterocycles. The Morgan fingerprint density at radius 2 is 1.74 bits per heavy atom. The lowest BCUT2D eigenvalue weighted by molar-refractivity contribution is -0.124. The number of urea groups is 1. The number of halogens is 1. The van der Waals surface area contributed by atoms with Crippen LogP contribution in [0.15, 0.2) is 72.9 Å². The molecule has 8 heteroatoms. The van der Waals surface area contributed by atoms with Crippen LogP contribution in [-0.4, -0.2) is 34.3 Å². The van der Waals surface area contributed by atoms with Gasteiger partial charge in [-0.15, -0.1) is 0 Å². The van der Waals surface area contributed by atoms with E-state index in [1.54, 1.807) is 18.2 Å². The highest BCUT2D eigenvalue weighted by molar-refractivity contribution is 6.08. The molecule has 3 aromatic carbocycles. The summed E-state index contributed by atoms with van der Waals surface area (Å²) in [6.07, 6.45) is 1.93. The smallest absolute Gasteiger partial charge is 0.322 e. The maximum Gasteiger partial charge on any atom is 0.322 e. The summed E-state index contributed by atoms with van der Waals surface area (Å²) in [5, 5.41) is 6.10. The van der Waals surface area contributed by atoms with Crippen LogP contribution in [0.25, 0.3) is 22.0 Å². The van der Waals surface area contributed by atoms with Gasteiger partial charge in [0.25, 0.3) is 11.8 Å². The van der Waals surface area contributed by atoms with Crippen molar-refractivity contribution in [3.63, 3.8) is 0 Å². The van der Waals surface area contributed by atoms with Crippen LogP contribution in [-0.2, 0) is 16.9 Å². The number of rotatable bonds is 4. The van der Waals surface area contributed by atoms with Gasteiger partial charge in [-0.05, 0) is 34.9 Å². The quantitative estimate of drug-likeness (QED) is 0.411. The van der Waals surface area contributed by atoms with E-state index in [1.165, 1.54) is 17.0 Å². The molecule has 4 amide bonds. The number of aromatic amines is 1. The third-order valence-electron chi connectivity index (χ3n) is 6.60. The molecule has 4 aromatic rings. The Balaban J connectivity index is 1.36. The summed E-state index contributed by atoms with van der Waals surface area (Å²) >= 11 is 0. The molecular formula is C26H19FN4O3. The van der Waals surface area contributed by atoms with Crippen molar-refractivity contribution < 1.29 is 18.8 Å². The van der Waals surface area contributed by atoms with Gasteiger partial charge in [0.1, 0.15) is 5.82 Å². The molecule has 0 aliphatic carbocycles. The van der Waals surface area contributed by atoms with Gasteiger partial charge in [-0.2, -0.15) is 0 Å². The Morgan fingerprint density at radius 3 is 2.50 bits per heavy atom. The van der Waals surface area contributed by atoms with Gasteiger partial charge in [-0.25, -0.2) is 9.18 Å². The van der Waals surface area contributed by atoms with E-state index in [0.29, 0.717) is 11.1 Å². The molecule has 1 atom stereocenters. The zero-order valence-electron chi connectivity index (χ0n) is 17.9. The summed E-state index contributed by atoms with van der Waals surface area (Å²) in [6, 6.07) is 18.8. The third kappa shape index (κ3) is 2.99. The van der Waals surface area contributed by atoms with Crippen LogP contribution in [0.2, 0.25) is 0 Å². The predicted octanol–water partition coefficient (Wildman–Crippen LogP) is 3.66. The molecular weight excluding hydrogens is 435 g/mol. The summed E-state index contributed by atoms with van der Waals surface area (Å²) in [6.45, 7) is 0.152. The molecule has 0 radical (unpaired) electrons. The molecule has 3 heterocycles. The van der Waals surface area contributed by atoms with Crippen molar-refractivity contribution in [3.8, 4) is 11.1 Å². The van der Waals surface area contributed by atoms with E-state index in [-0.39, 0.29) is 24.6 Å². The lowest BCUT2D eigenvalue weighted by Gasteiger charge is -2.31. The normalized spacial score (nSPS) is 19.4. The average Bonchev–Trinajstić information content (AvgIpc) is 3.48. The molecule has 0 saturated carbocycles. The van der Waals surface area contributed by atoms with E-state index in [1.807, 2.05) is 42.6 Å². The van der Waals surface area contributed by atoms with Gasteiger partial charge >= 0.3 is 6.03 Å². The number of aromatic nitrogens is 1. The van der Waals surface area contributed by atoms with Crippen molar-refractivity contribution >= 4 is 28.7 Å². The van der Waals surface area contributed by atoms with Crippen molar-refractivity contribution in [1.29, 1.82) is 0 Å². The van der Waals surface area contributed by atoms with Gasteiger partial charge in [0, 0.05) is 34.8 Å². The first kappa shape index (κ1) is 20.2. The van der Waals surface area contributed by atoms with Crippen molar-refractivity contribution in [1.82, 2.24) is 20.5 Å². The Morgan fingerprint density at radius 1 is 0.941 bits per heavy atom. The highest BCUT2D eigenvalue weighted by Gasteiger charge is 2.50. The topological polar surface area (TPSA) is 94.3 Å². The number of nitrogens with one attached hydrogen (secondary N) is 3. The molecule has 0 spiro atoms. The third-order valence-corrected chi connectivity index (χ3v) is 6.60. The van der Waals surface area contributed by atoms with Crippen LogP contribution < -0.4 is 10.6 Å². The SMILES string of the molecule is O=C1NC(=O)[C@](CN2Cc3ccc(F)cc3C2=O)(c2ccc(-c3c[nH]c4ccccc34)cc2)N1. The zero-order valence-corrected chi connectivity index (χ0v) is 17.9. The number of benzene rings is 3. The minimum atomic E-state index is -1.45. The lowest BCUT2D eigenvalue weighted by atomic mass is 9.88. The molecule has 6 rings (SSSR count). The fraction of sp³-hybridized carbons (Fsp3) is 0.115. The maximum absolute atomic E-state index is 13.7. The van der Waals surface area contributed by atoms with Gasteiger partial charge in [-0.1, -0.05) is 48.5 Å². The van der Waals surface area contributed by atoms with E-state index in [4.69, 9.17) is 0 Å². The first-order chi connectivity index (χ1) is 16.4. The second-order valence-corrected chi connectivity index (χ2v) is 8.60. The molecule has 7 nitrogen and oxygen atoms in total. The van der Waals surface area contributed by atoms with E-state index in [0.717, 1.165) is 22.0 Å². The highest BCUT2D eigenvalue weighted by atomic mass is 19.1. The van der Waals surface area contributed by atoms with E-state index < -0.39 is 23.3 Å². The largest absolute Gasteiger partial charge is 0.361 e. The van der Waals surface area contributed by atoms with Gasteiger partial charge in [-0.3, -0.25) is 14.9 Å². The fourth-order valence-electron chi connectivity index (χ4n) is 4.89. The summed E-state index contributed by atoms with van der Waals surface area (Å²) < 4.78 is 13.7. The van der Waals surface area contributed by atoms with E-state index >= 15 is 0 Å². The molecule has 1 fully saturated rings. The molecule has 0 unspecified atom stereocenters. The number of fused-ring (bicyclic) bond motifs is 2. The molecule has 2 aliphatic rings. The fourth-order valence-corrected chi connectivity index (χ4v) is 4.89. The van der Waals surface area contributed by atoms with Crippen molar-refractivity contribution in [3.05, 3.63) is 95.4 Å². The Bertz CT molecular complexity index is 1490. The summed E-state index contributed by atoms with van der Waals surface area (Å²) in [7, 11) is 0. The van der Waals surface area contributed by atoms with Crippen molar-refractivity contribution in [2.24, 2.45) is 0 Å². The molecule has 168 valence electrons. The number of hydrogen-bond acceptors (Lipinski definition) is 3. The molecule has 2 aliphatic heterocycles. The van der Waals surface area contributed by atoms with Crippen LogP contribution in [0, 0.1) is 5.82 Å². The second-order valence-electron chi connectivity index (χ2n) is 8.60. The number of nitrogens with zero attached hydrogens (tertiary/aromatic N) is 1. The van der Waals surface area contributed by atoms with Crippen molar-refractivity contribution in [2.75, 3.05) is 6.54 Å². The van der Waals surface area contributed by atoms with Crippen LogP contribution >= 0.6 is 0 Å². The van der Waals surface area contributed by atoms with E-state index in [9.17, 15) is 18.8 Å². The van der Waals surface area contributed by atoms with Gasteiger partial charge in [0.05, 0.1) is 6.54 Å². The number of hydrogen-bond donors (Lipinski definition) is 3. The number of H-pyrrole nitrogens is 1. The van der Waals surface area contributed by atoms with Crippen LogP contribution in [0.1, 0.15) is 21.5 Å². The number of para-hydroxylation sites is 1. The number of amides is 4. The molecule has 0 bridgehead atoms. The molecule has 3 N–H and O–H groups in total. The molecule has 34 heavy (non-hydrogen) atoms. The monoisotopic (exact) mass is 454 g/mol. The minimum absolute atomic E-state index is 0.0772. The van der Waals surface area contributed by atoms with Crippen molar-refractivity contribution in [2.45, 2.75) is 12.1 Å². The van der Waals surface area contributed by atoms with Gasteiger partial charge < -0.3 is 15.2 Å². The van der Waals surface area contributed by atoms with Crippen LogP contribution in [0.5, 0.6) is 0 Å². The maximum atomic E-state index is 13.7. The van der Waals surface area contributed by atoms with Crippen LogP contribution in [0.4, 0.5) is 9.18 Å². The van der Waals surface area contributed by atoms with Gasteiger partial charge in [0.15, 0.2) is 5.54 Å². The summed E-state index contributed by atoms with van der Waals surface area (Å²) in [5.41, 5.74) is 3.03. The Hall–Kier alpha value is -4.46. The first-order valence-corrected chi connectivity index (χ1v) is 10.8. The van der Waals surface area contributed by atoms with Crippen LogP contribution in [0.3, 0.4) is 0 Å². The summed E-state index contributed by atoms with van der Waals surface area (Å²) in [4.78, 5) is 42.8. The number of imide groups is 1. The number of carbonyl (C=O) groups excluding carboxylic acids is 3. The molecule has 1 aromatic heterocycles. The first-order valence-electron chi connectivity index (χ1n) is 10.8. The standard InChI is InChI=1S/C26H19FN4O3/c27-18-10-7-16-13-31(23(32)20(16)11-18)14-26(24(33)29-25(34)30-26)17-8-5-15(6-9-17)21-12-28-22-4-2-1-3-19(21)22/h1-12,28H,13-14H2,(H2,29,30,33,34)/t26-/m0/s1. The second kappa shape index (κ2) is 7.28. The highest BCUT2D eigenvalue weighted by Crippen LogP contribution is 2.34. The Labute approximate surface area is 193 Å². The van der Waals surface area contributed by atoms with E-state index in [2.05, 4.69) is 15.6 Å².